The number of hydrogen-bond donors (Lipinski definition) is 1. The van der Waals surface area contributed by atoms with Crippen molar-refractivity contribution in [2.45, 2.75) is 26.2 Å². The molecule has 0 aliphatic heterocycles. The van der Waals surface area contributed by atoms with Crippen LogP contribution in [0.3, 0.4) is 0 Å². The Labute approximate surface area is 114 Å². The van der Waals surface area contributed by atoms with Crippen molar-refractivity contribution in [2.75, 3.05) is 20.0 Å². The Kier molecular flexibility index (Phi) is 5.26. The minimum atomic E-state index is 0.103. The summed E-state index contributed by atoms with van der Waals surface area (Å²) in [5.74, 6) is 7.52. The molecule has 0 saturated heterocycles. The molecule has 0 spiro atoms. The van der Waals surface area contributed by atoms with Gasteiger partial charge in [0, 0.05) is 12.0 Å². The Bertz CT molecular complexity index is 467. The van der Waals surface area contributed by atoms with E-state index in [2.05, 4.69) is 11.8 Å². The van der Waals surface area contributed by atoms with Crippen LogP contribution in [-0.4, -0.2) is 25.1 Å². The van der Waals surface area contributed by atoms with Crippen molar-refractivity contribution >= 4 is 0 Å². The first-order valence-electron chi connectivity index (χ1n) is 6.70. The zero-order chi connectivity index (χ0) is 13.5. The van der Waals surface area contributed by atoms with E-state index in [-0.39, 0.29) is 6.61 Å². The largest absolute Gasteiger partial charge is 0.468 e. The summed E-state index contributed by atoms with van der Waals surface area (Å²) in [7, 11) is 0. The summed E-state index contributed by atoms with van der Waals surface area (Å²) in [4.78, 5) is 0. The first-order chi connectivity index (χ1) is 9.29. The molecule has 3 heteroatoms. The van der Waals surface area contributed by atoms with Crippen molar-refractivity contribution < 1.29 is 14.6 Å². The summed E-state index contributed by atoms with van der Waals surface area (Å²) in [6.45, 7) is 3.22. The van der Waals surface area contributed by atoms with Crippen LogP contribution in [0.2, 0.25) is 0 Å². The quantitative estimate of drug-likeness (QED) is 0.485. The number of aryl methyl sites for hydroxylation is 1. The van der Waals surface area contributed by atoms with E-state index in [4.69, 9.17) is 14.6 Å². The van der Waals surface area contributed by atoms with Crippen LogP contribution in [0, 0.1) is 24.7 Å². The summed E-state index contributed by atoms with van der Waals surface area (Å²) in [5, 5.41) is 8.69. The Morgan fingerprint density at radius 1 is 1.37 bits per heavy atom. The molecule has 1 N–H and O–H groups in total. The molecule has 1 aliphatic carbocycles. The van der Waals surface area contributed by atoms with Crippen molar-refractivity contribution in [2.24, 2.45) is 5.92 Å². The van der Waals surface area contributed by atoms with Gasteiger partial charge < -0.3 is 14.6 Å². The van der Waals surface area contributed by atoms with Gasteiger partial charge in [-0.3, -0.25) is 0 Å². The lowest BCUT2D eigenvalue weighted by Gasteiger charge is -2.08. The van der Waals surface area contributed by atoms with Gasteiger partial charge in [-0.2, -0.15) is 0 Å². The smallest absolute Gasteiger partial charge is 0.189 e. The van der Waals surface area contributed by atoms with Gasteiger partial charge in [0.05, 0.1) is 13.2 Å². The molecule has 0 atom stereocenters. The monoisotopic (exact) mass is 260 g/mol. The third kappa shape index (κ3) is 4.94. The average molecular weight is 260 g/mol. The molecule has 0 radical (unpaired) electrons. The number of aliphatic hydroxyl groups excluding tert-OH is 1. The van der Waals surface area contributed by atoms with Gasteiger partial charge in [-0.1, -0.05) is 11.8 Å². The minimum Gasteiger partial charge on any atom is -0.468 e. The Morgan fingerprint density at radius 2 is 2.21 bits per heavy atom. The molecule has 1 aromatic carbocycles. The van der Waals surface area contributed by atoms with E-state index in [9.17, 15) is 0 Å². The molecule has 1 saturated carbocycles. The number of benzene rings is 1. The van der Waals surface area contributed by atoms with E-state index in [1.54, 1.807) is 0 Å². The predicted octanol–water partition coefficient (Wildman–Crippen LogP) is 2.49. The highest BCUT2D eigenvalue weighted by Crippen LogP contribution is 2.28. The predicted molar refractivity (Wildman–Crippen MR) is 73.9 cm³/mol. The molecule has 0 heterocycles. The van der Waals surface area contributed by atoms with Gasteiger partial charge >= 0.3 is 0 Å². The Balaban J connectivity index is 1.81. The van der Waals surface area contributed by atoms with E-state index in [1.165, 1.54) is 12.8 Å². The fraction of sp³-hybridized carbons (Fsp3) is 0.500. The molecule has 1 aromatic rings. The molecule has 0 aromatic heterocycles. The van der Waals surface area contributed by atoms with Crippen LogP contribution in [0.4, 0.5) is 0 Å². The maximum Gasteiger partial charge on any atom is 0.189 e. The highest BCUT2D eigenvalue weighted by atomic mass is 16.7. The highest BCUT2D eigenvalue weighted by molar-refractivity contribution is 5.44. The van der Waals surface area contributed by atoms with Crippen LogP contribution in [0.1, 0.15) is 30.4 Å². The maximum atomic E-state index is 8.69. The van der Waals surface area contributed by atoms with E-state index in [1.807, 2.05) is 25.1 Å². The Hall–Kier alpha value is -1.50. The number of rotatable bonds is 6. The minimum absolute atomic E-state index is 0.103. The third-order valence-corrected chi connectivity index (χ3v) is 3.02. The topological polar surface area (TPSA) is 38.7 Å². The van der Waals surface area contributed by atoms with Crippen LogP contribution >= 0.6 is 0 Å². The number of aliphatic hydroxyl groups is 1. The molecular weight excluding hydrogens is 240 g/mol. The molecule has 1 aliphatic rings. The molecule has 0 bridgehead atoms. The second-order valence-electron chi connectivity index (χ2n) is 4.83. The molecule has 1 fully saturated rings. The summed E-state index contributed by atoms with van der Waals surface area (Å²) >= 11 is 0. The van der Waals surface area contributed by atoms with Crippen LogP contribution in [0.5, 0.6) is 5.75 Å². The molecule has 0 amide bonds. The summed E-state index contributed by atoms with van der Waals surface area (Å²) in [5.41, 5.74) is 2.05. The zero-order valence-electron chi connectivity index (χ0n) is 11.3. The summed E-state index contributed by atoms with van der Waals surface area (Å²) in [6, 6.07) is 5.80. The van der Waals surface area contributed by atoms with Gasteiger partial charge in [0.2, 0.25) is 0 Å². The van der Waals surface area contributed by atoms with Gasteiger partial charge in [0.15, 0.2) is 6.79 Å². The zero-order valence-corrected chi connectivity index (χ0v) is 11.3. The fourth-order valence-corrected chi connectivity index (χ4v) is 1.69. The van der Waals surface area contributed by atoms with Crippen LogP contribution < -0.4 is 4.74 Å². The van der Waals surface area contributed by atoms with Crippen LogP contribution in [0.15, 0.2) is 18.2 Å². The SMILES string of the molecule is Cc1cc(OCOCC2CC2)ccc1C#CCCO. The standard InChI is InChI=1S/C16H20O3/c1-13-10-16(19-12-18-11-14-5-6-14)8-7-15(13)4-2-3-9-17/h7-8,10,14,17H,3,5-6,9,11-12H2,1H3. The Morgan fingerprint density at radius 3 is 2.89 bits per heavy atom. The van der Waals surface area contributed by atoms with Gasteiger partial charge in [-0.25, -0.2) is 0 Å². The molecule has 2 rings (SSSR count). The van der Waals surface area contributed by atoms with Gasteiger partial charge in [-0.15, -0.1) is 0 Å². The third-order valence-electron chi connectivity index (χ3n) is 3.02. The van der Waals surface area contributed by atoms with Crippen molar-refractivity contribution in [3.63, 3.8) is 0 Å². The van der Waals surface area contributed by atoms with E-state index >= 15 is 0 Å². The molecule has 3 nitrogen and oxygen atoms in total. The normalized spacial score (nSPS) is 13.8. The van der Waals surface area contributed by atoms with Crippen LogP contribution in [-0.2, 0) is 4.74 Å². The van der Waals surface area contributed by atoms with Crippen molar-refractivity contribution in [1.29, 1.82) is 0 Å². The van der Waals surface area contributed by atoms with Gasteiger partial charge in [0.1, 0.15) is 5.75 Å². The first kappa shape index (κ1) is 13.9. The lowest BCUT2D eigenvalue weighted by atomic mass is 10.1. The second-order valence-corrected chi connectivity index (χ2v) is 4.83. The van der Waals surface area contributed by atoms with Gasteiger partial charge in [0.25, 0.3) is 0 Å². The van der Waals surface area contributed by atoms with Gasteiger partial charge in [-0.05, 0) is 49.4 Å². The van der Waals surface area contributed by atoms with E-state index in [0.717, 1.165) is 29.4 Å². The van der Waals surface area contributed by atoms with E-state index < -0.39 is 0 Å². The molecular formula is C16H20O3. The van der Waals surface area contributed by atoms with Crippen LogP contribution in [0.25, 0.3) is 0 Å². The number of ether oxygens (including phenoxy) is 2. The molecule has 19 heavy (non-hydrogen) atoms. The lowest BCUT2D eigenvalue weighted by Crippen LogP contribution is -2.05. The van der Waals surface area contributed by atoms with Crippen molar-refractivity contribution in [3.05, 3.63) is 29.3 Å². The molecule has 102 valence electrons. The fourth-order valence-electron chi connectivity index (χ4n) is 1.69. The summed E-state index contributed by atoms with van der Waals surface area (Å²) in [6.07, 6.45) is 3.09. The van der Waals surface area contributed by atoms with E-state index in [0.29, 0.717) is 13.2 Å². The second kappa shape index (κ2) is 7.18. The van der Waals surface area contributed by atoms with Crippen molar-refractivity contribution in [3.8, 4) is 17.6 Å². The number of hydrogen-bond acceptors (Lipinski definition) is 3. The lowest BCUT2D eigenvalue weighted by molar-refractivity contribution is 0.00996. The highest BCUT2D eigenvalue weighted by Gasteiger charge is 2.21. The summed E-state index contributed by atoms with van der Waals surface area (Å²) < 4.78 is 11.0. The van der Waals surface area contributed by atoms with Crippen molar-refractivity contribution in [1.82, 2.24) is 0 Å². The average Bonchev–Trinajstić information content (AvgIpc) is 3.21. The maximum absolute atomic E-state index is 8.69. The molecule has 0 unspecified atom stereocenters. The first-order valence-corrected chi connectivity index (χ1v) is 6.70.